The molecule has 0 aliphatic rings. The van der Waals surface area contributed by atoms with E-state index in [1.54, 1.807) is 36.4 Å². The number of aliphatic hydroxyl groups excluding tert-OH is 1. The topological polar surface area (TPSA) is 86.5 Å². The fraction of sp³-hybridized carbons (Fsp3) is 0.0526. The summed E-state index contributed by atoms with van der Waals surface area (Å²) in [6, 6.07) is 17.7. The zero-order chi connectivity index (χ0) is 18.4. The molecule has 6 nitrogen and oxygen atoms in total. The van der Waals surface area contributed by atoms with E-state index in [1.165, 1.54) is 6.26 Å². The number of hydrogen-bond donors (Lipinski definition) is 4. The summed E-state index contributed by atoms with van der Waals surface area (Å²) in [5.74, 6) is -0.0562. The van der Waals surface area contributed by atoms with E-state index < -0.39 is 0 Å². The summed E-state index contributed by atoms with van der Waals surface area (Å²) in [5.41, 5.74) is 3.01. The highest BCUT2D eigenvalue weighted by atomic mass is 32.1. The van der Waals surface area contributed by atoms with Crippen molar-refractivity contribution in [3.8, 4) is 0 Å². The highest BCUT2D eigenvalue weighted by Crippen LogP contribution is 2.16. The van der Waals surface area contributed by atoms with Crippen LogP contribution < -0.4 is 16.0 Å². The molecule has 0 radical (unpaired) electrons. The maximum Gasteiger partial charge on any atom is 0.291 e. The number of furan rings is 1. The van der Waals surface area contributed by atoms with Crippen LogP contribution in [-0.4, -0.2) is 16.1 Å². The van der Waals surface area contributed by atoms with E-state index in [1.807, 2.05) is 24.3 Å². The molecule has 7 heteroatoms. The van der Waals surface area contributed by atoms with Crippen LogP contribution in [0.4, 0.5) is 17.1 Å². The summed E-state index contributed by atoms with van der Waals surface area (Å²) in [4.78, 5) is 11.9. The van der Waals surface area contributed by atoms with Crippen LogP contribution in [0.2, 0.25) is 0 Å². The van der Waals surface area contributed by atoms with Crippen LogP contribution in [0.3, 0.4) is 0 Å². The smallest absolute Gasteiger partial charge is 0.291 e. The van der Waals surface area contributed by atoms with Gasteiger partial charge in [-0.25, -0.2) is 0 Å². The van der Waals surface area contributed by atoms with E-state index in [0.29, 0.717) is 10.8 Å². The van der Waals surface area contributed by atoms with Crippen LogP contribution in [0.15, 0.2) is 71.3 Å². The number of carbonyl (C=O) groups excluding carboxylic acids is 1. The summed E-state index contributed by atoms with van der Waals surface area (Å²) in [6.45, 7) is -0.0269. The van der Waals surface area contributed by atoms with E-state index in [4.69, 9.17) is 21.7 Å². The zero-order valence-electron chi connectivity index (χ0n) is 13.7. The Morgan fingerprint density at radius 1 is 0.923 bits per heavy atom. The van der Waals surface area contributed by atoms with Crippen LogP contribution in [-0.2, 0) is 6.61 Å². The van der Waals surface area contributed by atoms with Crippen LogP contribution in [0, 0.1) is 0 Å². The van der Waals surface area contributed by atoms with E-state index >= 15 is 0 Å². The lowest BCUT2D eigenvalue weighted by molar-refractivity contribution is 0.0996. The largest absolute Gasteiger partial charge is 0.459 e. The van der Waals surface area contributed by atoms with Crippen LogP contribution in [0.25, 0.3) is 0 Å². The monoisotopic (exact) mass is 367 g/mol. The van der Waals surface area contributed by atoms with Crippen molar-refractivity contribution < 1.29 is 14.3 Å². The average molecular weight is 367 g/mol. The Labute approximate surface area is 155 Å². The van der Waals surface area contributed by atoms with Gasteiger partial charge in [-0.3, -0.25) is 4.79 Å². The molecule has 4 N–H and O–H groups in total. The van der Waals surface area contributed by atoms with Gasteiger partial charge in [0.05, 0.1) is 12.9 Å². The van der Waals surface area contributed by atoms with E-state index in [-0.39, 0.29) is 18.3 Å². The standard InChI is InChI=1S/C19H17N3O3S/c23-12-13-3-1-4-16(11-13)22-19(26)21-15-8-6-14(7-9-15)20-18(24)17-5-2-10-25-17/h1-11,23H,12H2,(H,20,24)(H2,21,22,26). The normalized spacial score (nSPS) is 10.2. The second-order valence-corrected chi connectivity index (χ2v) is 5.85. The van der Waals surface area contributed by atoms with Gasteiger partial charge in [-0.15, -0.1) is 0 Å². The molecule has 2 aromatic carbocycles. The number of aliphatic hydroxyl groups is 1. The first-order valence-corrected chi connectivity index (χ1v) is 8.27. The summed E-state index contributed by atoms with van der Waals surface area (Å²) < 4.78 is 5.05. The molecule has 3 rings (SSSR count). The first-order chi connectivity index (χ1) is 12.6. The summed E-state index contributed by atoms with van der Waals surface area (Å²) in [6.07, 6.45) is 1.45. The third-order valence-electron chi connectivity index (χ3n) is 3.51. The fourth-order valence-corrected chi connectivity index (χ4v) is 2.51. The van der Waals surface area contributed by atoms with Gasteiger partial charge >= 0.3 is 0 Å². The Bertz CT molecular complexity index is 893. The lowest BCUT2D eigenvalue weighted by atomic mass is 10.2. The number of carbonyl (C=O) groups is 1. The van der Waals surface area contributed by atoms with Gasteiger partial charge < -0.3 is 25.5 Å². The maximum atomic E-state index is 11.9. The molecule has 3 aromatic rings. The Kier molecular flexibility index (Phi) is 5.62. The van der Waals surface area contributed by atoms with Gasteiger partial charge in [0.15, 0.2) is 10.9 Å². The second kappa shape index (κ2) is 8.28. The number of rotatable bonds is 5. The first-order valence-electron chi connectivity index (χ1n) is 7.87. The molecule has 0 aliphatic carbocycles. The third kappa shape index (κ3) is 4.69. The molecule has 0 saturated heterocycles. The van der Waals surface area contributed by atoms with Gasteiger partial charge in [0.2, 0.25) is 0 Å². The van der Waals surface area contributed by atoms with Crippen molar-refractivity contribution in [3.63, 3.8) is 0 Å². The van der Waals surface area contributed by atoms with Crippen molar-refractivity contribution in [1.82, 2.24) is 0 Å². The zero-order valence-corrected chi connectivity index (χ0v) is 14.5. The molecule has 0 fully saturated rings. The minimum atomic E-state index is -0.309. The summed E-state index contributed by atoms with van der Waals surface area (Å²) >= 11 is 5.29. The molecule has 1 heterocycles. The minimum absolute atomic E-state index is 0.0269. The van der Waals surface area contributed by atoms with Crippen molar-refractivity contribution in [1.29, 1.82) is 0 Å². The number of anilines is 3. The van der Waals surface area contributed by atoms with Crippen LogP contribution in [0.1, 0.15) is 16.1 Å². The summed E-state index contributed by atoms with van der Waals surface area (Å²) in [5, 5.41) is 18.5. The Hall–Kier alpha value is -3.16. The maximum absolute atomic E-state index is 11.9. The molecular formula is C19H17N3O3S. The van der Waals surface area contributed by atoms with E-state index in [9.17, 15) is 4.79 Å². The van der Waals surface area contributed by atoms with Gasteiger partial charge in [0.25, 0.3) is 5.91 Å². The van der Waals surface area contributed by atoms with Crippen LogP contribution in [0.5, 0.6) is 0 Å². The van der Waals surface area contributed by atoms with Gasteiger partial charge in [-0.2, -0.15) is 0 Å². The predicted octanol–water partition coefficient (Wildman–Crippen LogP) is 3.83. The first kappa shape index (κ1) is 17.7. The number of hydrogen-bond acceptors (Lipinski definition) is 4. The van der Waals surface area contributed by atoms with E-state index in [0.717, 1.165) is 16.9 Å². The fourth-order valence-electron chi connectivity index (χ4n) is 2.28. The number of amides is 1. The number of thiocarbonyl (C=S) groups is 1. The highest BCUT2D eigenvalue weighted by molar-refractivity contribution is 7.80. The molecule has 132 valence electrons. The molecule has 0 bridgehead atoms. The third-order valence-corrected chi connectivity index (χ3v) is 3.72. The van der Waals surface area contributed by atoms with Crippen molar-refractivity contribution >= 4 is 40.3 Å². The molecule has 1 amide bonds. The Morgan fingerprint density at radius 3 is 2.27 bits per heavy atom. The lowest BCUT2D eigenvalue weighted by Gasteiger charge is -2.12. The molecular weight excluding hydrogens is 350 g/mol. The SMILES string of the molecule is O=C(Nc1ccc(NC(=S)Nc2cccc(CO)c2)cc1)c1ccco1. The van der Waals surface area contributed by atoms with Crippen molar-refractivity contribution in [2.45, 2.75) is 6.61 Å². The van der Waals surface area contributed by atoms with Gasteiger partial charge in [0.1, 0.15) is 0 Å². The predicted molar refractivity (Wildman–Crippen MR) is 105 cm³/mol. The van der Waals surface area contributed by atoms with Crippen molar-refractivity contribution in [2.75, 3.05) is 16.0 Å². The quantitative estimate of drug-likeness (QED) is 0.513. The molecule has 0 saturated carbocycles. The molecule has 0 aliphatic heterocycles. The van der Waals surface area contributed by atoms with E-state index in [2.05, 4.69) is 16.0 Å². The van der Waals surface area contributed by atoms with Gasteiger partial charge in [0, 0.05) is 17.1 Å². The van der Waals surface area contributed by atoms with Gasteiger partial charge in [-0.1, -0.05) is 12.1 Å². The molecule has 0 spiro atoms. The Morgan fingerprint density at radius 2 is 1.62 bits per heavy atom. The van der Waals surface area contributed by atoms with Crippen molar-refractivity contribution in [3.05, 3.63) is 78.3 Å². The molecule has 0 atom stereocenters. The molecule has 0 unspecified atom stereocenters. The minimum Gasteiger partial charge on any atom is -0.459 e. The van der Waals surface area contributed by atoms with Gasteiger partial charge in [-0.05, 0) is 66.3 Å². The average Bonchev–Trinajstić information content (AvgIpc) is 3.18. The molecule has 26 heavy (non-hydrogen) atoms. The van der Waals surface area contributed by atoms with Crippen LogP contribution >= 0.6 is 12.2 Å². The number of nitrogens with one attached hydrogen (secondary N) is 3. The second-order valence-electron chi connectivity index (χ2n) is 5.45. The molecule has 1 aromatic heterocycles. The highest BCUT2D eigenvalue weighted by Gasteiger charge is 2.08. The van der Waals surface area contributed by atoms with Crippen molar-refractivity contribution in [2.24, 2.45) is 0 Å². The number of benzene rings is 2. The Balaban J connectivity index is 1.56. The lowest BCUT2D eigenvalue weighted by Crippen LogP contribution is -2.19. The summed E-state index contributed by atoms with van der Waals surface area (Å²) in [7, 11) is 0.